The van der Waals surface area contributed by atoms with E-state index in [1.807, 2.05) is 6.92 Å². The van der Waals surface area contributed by atoms with Crippen LogP contribution >= 0.6 is 0 Å². The summed E-state index contributed by atoms with van der Waals surface area (Å²) in [4.78, 5) is 18.3. The van der Waals surface area contributed by atoms with Gasteiger partial charge in [0, 0.05) is 19.2 Å². The topological polar surface area (TPSA) is 67.0 Å². The lowest BCUT2D eigenvalue weighted by molar-refractivity contribution is -0.143. The molecule has 0 radical (unpaired) electrons. The predicted molar refractivity (Wildman–Crippen MR) is 49.6 cm³/mol. The van der Waals surface area contributed by atoms with Gasteiger partial charge in [-0.25, -0.2) is 4.98 Å². The number of nitrogens with zero attached hydrogens (tertiary/aromatic N) is 1. The van der Waals surface area contributed by atoms with Crippen LogP contribution in [0.1, 0.15) is 12.6 Å². The molecule has 1 saturated heterocycles. The van der Waals surface area contributed by atoms with E-state index in [-0.39, 0.29) is 12.0 Å². The molecular formula is C9H13N3O2. The standard InChI is InChI=1S/C9H13N3O2/c1-6-3-11-9(13)8(14-6)2-7-4-10-5-12-7/h4-6,8H,2-3H2,1H3,(H,10,12)(H,11,13)/t6-,8-/m1/s1. The first-order valence-corrected chi connectivity index (χ1v) is 4.66. The summed E-state index contributed by atoms with van der Waals surface area (Å²) in [5.74, 6) is -0.0499. The Morgan fingerprint density at radius 2 is 2.57 bits per heavy atom. The minimum atomic E-state index is -0.401. The lowest BCUT2D eigenvalue weighted by Crippen LogP contribution is -2.49. The number of ether oxygens (including phenoxy) is 1. The summed E-state index contributed by atoms with van der Waals surface area (Å²) in [7, 11) is 0. The molecule has 0 unspecified atom stereocenters. The molecule has 0 spiro atoms. The molecule has 0 aliphatic carbocycles. The fraction of sp³-hybridized carbons (Fsp3) is 0.556. The zero-order valence-corrected chi connectivity index (χ0v) is 7.99. The van der Waals surface area contributed by atoms with Crippen molar-refractivity contribution in [3.8, 4) is 0 Å². The molecule has 2 N–H and O–H groups in total. The number of nitrogens with one attached hydrogen (secondary N) is 2. The first-order valence-electron chi connectivity index (χ1n) is 4.66. The molecule has 1 amide bonds. The maximum Gasteiger partial charge on any atom is 0.249 e. The number of morpholine rings is 1. The molecule has 0 saturated carbocycles. The van der Waals surface area contributed by atoms with Crippen LogP contribution in [0.4, 0.5) is 0 Å². The van der Waals surface area contributed by atoms with Crippen LogP contribution in [-0.2, 0) is 16.0 Å². The van der Waals surface area contributed by atoms with Gasteiger partial charge in [-0.15, -0.1) is 0 Å². The maximum absolute atomic E-state index is 11.4. The van der Waals surface area contributed by atoms with Gasteiger partial charge < -0.3 is 15.0 Å². The molecule has 0 aromatic carbocycles. The van der Waals surface area contributed by atoms with Crippen molar-refractivity contribution in [3.63, 3.8) is 0 Å². The highest BCUT2D eigenvalue weighted by Gasteiger charge is 2.27. The number of H-pyrrole nitrogens is 1. The molecule has 2 heterocycles. The lowest BCUT2D eigenvalue weighted by atomic mass is 10.1. The second-order valence-electron chi connectivity index (χ2n) is 3.45. The smallest absolute Gasteiger partial charge is 0.249 e. The highest BCUT2D eigenvalue weighted by Crippen LogP contribution is 2.09. The van der Waals surface area contributed by atoms with E-state index in [0.717, 1.165) is 5.69 Å². The Morgan fingerprint density at radius 1 is 1.71 bits per heavy atom. The van der Waals surface area contributed by atoms with E-state index in [2.05, 4.69) is 15.3 Å². The van der Waals surface area contributed by atoms with Crippen LogP contribution < -0.4 is 5.32 Å². The SMILES string of the molecule is C[C@@H]1CNC(=O)[C@@H](Cc2c[nH]cn2)O1. The summed E-state index contributed by atoms with van der Waals surface area (Å²) < 4.78 is 5.51. The van der Waals surface area contributed by atoms with Crippen molar-refractivity contribution >= 4 is 5.91 Å². The molecule has 1 aromatic rings. The zero-order chi connectivity index (χ0) is 9.97. The molecule has 14 heavy (non-hydrogen) atoms. The molecule has 0 bridgehead atoms. The second kappa shape index (κ2) is 3.79. The van der Waals surface area contributed by atoms with Gasteiger partial charge in [-0.1, -0.05) is 0 Å². The number of amides is 1. The van der Waals surface area contributed by atoms with Crippen molar-refractivity contribution in [1.29, 1.82) is 0 Å². The molecule has 1 aliphatic rings. The summed E-state index contributed by atoms with van der Waals surface area (Å²) in [6.07, 6.45) is 3.58. The van der Waals surface area contributed by atoms with Crippen molar-refractivity contribution in [3.05, 3.63) is 18.2 Å². The predicted octanol–water partition coefficient (Wildman–Crippen LogP) is -0.144. The Labute approximate surface area is 81.9 Å². The Balaban J connectivity index is 1.99. The Kier molecular flexibility index (Phi) is 2.49. The third-order valence-corrected chi connectivity index (χ3v) is 2.20. The molecule has 1 fully saturated rings. The largest absolute Gasteiger partial charge is 0.363 e. The van der Waals surface area contributed by atoms with Gasteiger partial charge in [0.15, 0.2) is 0 Å². The summed E-state index contributed by atoms with van der Waals surface area (Å²) in [6, 6.07) is 0. The number of hydrogen-bond donors (Lipinski definition) is 2. The van der Waals surface area contributed by atoms with Gasteiger partial charge in [0.05, 0.1) is 18.1 Å². The quantitative estimate of drug-likeness (QED) is 0.690. The lowest BCUT2D eigenvalue weighted by Gasteiger charge is -2.27. The van der Waals surface area contributed by atoms with Crippen LogP contribution in [0.2, 0.25) is 0 Å². The number of aromatic nitrogens is 2. The molecule has 5 nitrogen and oxygen atoms in total. The summed E-state index contributed by atoms with van der Waals surface area (Å²) >= 11 is 0. The summed E-state index contributed by atoms with van der Waals surface area (Å²) in [6.45, 7) is 2.53. The van der Waals surface area contributed by atoms with Crippen LogP contribution in [0.15, 0.2) is 12.5 Å². The number of aromatic amines is 1. The molecule has 1 aromatic heterocycles. The number of rotatable bonds is 2. The van der Waals surface area contributed by atoms with Crippen molar-refractivity contribution in [2.45, 2.75) is 25.6 Å². The summed E-state index contributed by atoms with van der Waals surface area (Å²) in [5.41, 5.74) is 0.847. The Bertz CT molecular complexity index is 310. The third kappa shape index (κ3) is 1.93. The van der Waals surface area contributed by atoms with E-state index < -0.39 is 6.10 Å². The highest BCUT2D eigenvalue weighted by molar-refractivity contribution is 5.81. The monoisotopic (exact) mass is 195 g/mol. The van der Waals surface area contributed by atoms with Crippen molar-refractivity contribution in [2.75, 3.05) is 6.54 Å². The molecule has 5 heteroatoms. The third-order valence-electron chi connectivity index (χ3n) is 2.20. The van der Waals surface area contributed by atoms with Gasteiger partial charge in [0.25, 0.3) is 0 Å². The normalized spacial score (nSPS) is 27.4. The van der Waals surface area contributed by atoms with E-state index in [1.165, 1.54) is 0 Å². The fourth-order valence-corrected chi connectivity index (χ4v) is 1.48. The number of hydrogen-bond acceptors (Lipinski definition) is 3. The molecular weight excluding hydrogens is 182 g/mol. The fourth-order valence-electron chi connectivity index (χ4n) is 1.48. The van der Waals surface area contributed by atoms with Gasteiger partial charge in [-0.2, -0.15) is 0 Å². The first-order chi connectivity index (χ1) is 6.75. The second-order valence-corrected chi connectivity index (χ2v) is 3.45. The van der Waals surface area contributed by atoms with Gasteiger partial charge in [0.1, 0.15) is 6.10 Å². The minimum absolute atomic E-state index is 0.0499. The Morgan fingerprint density at radius 3 is 3.29 bits per heavy atom. The minimum Gasteiger partial charge on any atom is -0.363 e. The van der Waals surface area contributed by atoms with Gasteiger partial charge in [0.2, 0.25) is 5.91 Å². The van der Waals surface area contributed by atoms with Crippen molar-refractivity contribution in [2.24, 2.45) is 0 Å². The highest BCUT2D eigenvalue weighted by atomic mass is 16.5. The number of carbonyl (C=O) groups is 1. The van der Waals surface area contributed by atoms with Crippen molar-refractivity contribution < 1.29 is 9.53 Å². The van der Waals surface area contributed by atoms with Gasteiger partial charge in [-0.3, -0.25) is 4.79 Å². The van der Waals surface area contributed by atoms with Crippen molar-refractivity contribution in [1.82, 2.24) is 15.3 Å². The van der Waals surface area contributed by atoms with E-state index in [9.17, 15) is 4.79 Å². The van der Waals surface area contributed by atoms with E-state index in [1.54, 1.807) is 12.5 Å². The van der Waals surface area contributed by atoms with Crippen LogP contribution in [0.5, 0.6) is 0 Å². The van der Waals surface area contributed by atoms with Crippen LogP contribution in [-0.4, -0.2) is 34.6 Å². The maximum atomic E-state index is 11.4. The van der Waals surface area contributed by atoms with E-state index in [0.29, 0.717) is 13.0 Å². The Hall–Kier alpha value is -1.36. The molecule has 1 aliphatic heterocycles. The molecule has 76 valence electrons. The summed E-state index contributed by atoms with van der Waals surface area (Å²) in [5, 5.41) is 2.79. The van der Waals surface area contributed by atoms with Gasteiger partial charge >= 0.3 is 0 Å². The van der Waals surface area contributed by atoms with Crippen LogP contribution in [0, 0.1) is 0 Å². The molecule has 2 rings (SSSR count). The van der Waals surface area contributed by atoms with Crippen LogP contribution in [0.25, 0.3) is 0 Å². The first kappa shape index (κ1) is 9.21. The average molecular weight is 195 g/mol. The van der Waals surface area contributed by atoms with E-state index >= 15 is 0 Å². The molecule has 2 atom stereocenters. The number of imidazole rings is 1. The van der Waals surface area contributed by atoms with Crippen LogP contribution in [0.3, 0.4) is 0 Å². The van der Waals surface area contributed by atoms with Gasteiger partial charge in [-0.05, 0) is 6.92 Å². The zero-order valence-electron chi connectivity index (χ0n) is 7.99. The average Bonchev–Trinajstić information content (AvgIpc) is 2.64. The number of carbonyl (C=O) groups excluding carboxylic acids is 1. The van der Waals surface area contributed by atoms with E-state index in [4.69, 9.17) is 4.74 Å².